The van der Waals surface area contributed by atoms with Crippen molar-refractivity contribution in [1.82, 2.24) is 0 Å². The molecule has 1 rings (SSSR count). The van der Waals surface area contributed by atoms with Crippen molar-refractivity contribution < 1.29 is 27.5 Å². The second kappa shape index (κ2) is 5.51. The van der Waals surface area contributed by atoms with E-state index in [2.05, 4.69) is 4.99 Å². The first-order chi connectivity index (χ1) is 8.77. The number of alkyl halides is 3. The summed E-state index contributed by atoms with van der Waals surface area (Å²) in [7, 11) is 0. The van der Waals surface area contributed by atoms with Gasteiger partial charge in [0, 0.05) is 6.20 Å². The Balaban J connectivity index is 3.43. The Hall–Kier alpha value is -2.38. The molecule has 1 aromatic carbocycles. The number of para-hydroxylation sites is 1. The fourth-order valence-electron chi connectivity index (χ4n) is 1.19. The highest BCUT2D eigenvalue weighted by Crippen LogP contribution is 2.27. The number of carboxylic acids is 1. The van der Waals surface area contributed by atoms with Crippen LogP contribution in [0.5, 0.6) is 0 Å². The smallest absolute Gasteiger partial charge is 0.434 e. The third-order valence-electron chi connectivity index (χ3n) is 2.01. The molecule has 0 atom stereocenters. The highest BCUT2D eigenvalue weighted by molar-refractivity contribution is 6.22. The molecule has 102 valence electrons. The van der Waals surface area contributed by atoms with Crippen molar-refractivity contribution in [2.24, 2.45) is 10.7 Å². The van der Waals surface area contributed by atoms with Gasteiger partial charge in [0.25, 0.3) is 0 Å². The second-order valence-corrected chi connectivity index (χ2v) is 3.30. The van der Waals surface area contributed by atoms with E-state index in [1.54, 1.807) is 0 Å². The van der Waals surface area contributed by atoms with Crippen molar-refractivity contribution >= 4 is 17.4 Å². The Bertz CT molecular complexity index is 550. The molecule has 8 heteroatoms. The van der Waals surface area contributed by atoms with E-state index in [9.17, 15) is 22.4 Å². The largest absolute Gasteiger partial charge is 0.478 e. The standard InChI is InChI=1S/C11H8F4N2O2/c12-7-3-1-2-4-8(7)17-9(11(13,14)15)6(5-16)10(18)19/h1-5H,16H2,(H,18,19). The number of aliphatic imine (C=N–C) groups is 1. The van der Waals surface area contributed by atoms with Gasteiger partial charge in [-0.05, 0) is 12.1 Å². The maximum absolute atomic E-state index is 13.2. The highest BCUT2D eigenvalue weighted by atomic mass is 19.4. The van der Waals surface area contributed by atoms with Gasteiger partial charge in [-0.1, -0.05) is 12.1 Å². The molecule has 0 aliphatic rings. The van der Waals surface area contributed by atoms with E-state index in [1.807, 2.05) is 0 Å². The second-order valence-electron chi connectivity index (χ2n) is 3.30. The first kappa shape index (κ1) is 14.7. The van der Waals surface area contributed by atoms with Crippen molar-refractivity contribution in [1.29, 1.82) is 0 Å². The van der Waals surface area contributed by atoms with E-state index in [1.165, 1.54) is 12.1 Å². The lowest BCUT2D eigenvalue weighted by atomic mass is 10.1. The van der Waals surface area contributed by atoms with Crippen LogP contribution in [0.3, 0.4) is 0 Å². The molecule has 0 radical (unpaired) electrons. The zero-order chi connectivity index (χ0) is 14.6. The summed E-state index contributed by atoms with van der Waals surface area (Å²) < 4.78 is 51.4. The van der Waals surface area contributed by atoms with Gasteiger partial charge in [-0.3, -0.25) is 0 Å². The van der Waals surface area contributed by atoms with Crippen LogP contribution in [0, 0.1) is 5.82 Å². The highest BCUT2D eigenvalue weighted by Gasteiger charge is 2.40. The van der Waals surface area contributed by atoms with Gasteiger partial charge >= 0.3 is 12.1 Å². The lowest BCUT2D eigenvalue weighted by Crippen LogP contribution is -2.29. The number of aliphatic carboxylic acids is 1. The first-order valence-electron chi connectivity index (χ1n) is 4.83. The zero-order valence-corrected chi connectivity index (χ0v) is 9.28. The summed E-state index contributed by atoms with van der Waals surface area (Å²) in [6, 6.07) is 4.41. The molecule has 0 aliphatic heterocycles. The molecule has 0 bridgehead atoms. The van der Waals surface area contributed by atoms with Crippen LogP contribution < -0.4 is 5.73 Å². The molecule has 1 aromatic rings. The summed E-state index contributed by atoms with van der Waals surface area (Å²) in [4.78, 5) is 13.7. The molecule has 0 fully saturated rings. The molecule has 0 amide bonds. The van der Waals surface area contributed by atoms with Crippen molar-refractivity contribution in [3.05, 3.63) is 41.9 Å². The molecule has 0 saturated carbocycles. The van der Waals surface area contributed by atoms with Gasteiger partial charge in [0.1, 0.15) is 11.4 Å². The van der Waals surface area contributed by atoms with E-state index in [4.69, 9.17) is 10.8 Å². The van der Waals surface area contributed by atoms with Crippen molar-refractivity contribution in [2.45, 2.75) is 6.18 Å². The van der Waals surface area contributed by atoms with Crippen LogP contribution in [0.25, 0.3) is 0 Å². The van der Waals surface area contributed by atoms with Gasteiger partial charge in [0.2, 0.25) is 0 Å². The summed E-state index contributed by atoms with van der Waals surface area (Å²) >= 11 is 0. The van der Waals surface area contributed by atoms with Gasteiger partial charge < -0.3 is 10.8 Å². The van der Waals surface area contributed by atoms with E-state index in [0.717, 1.165) is 12.1 Å². The molecular formula is C11H8F4N2O2. The number of carboxylic acid groups (broad SMARTS) is 1. The SMILES string of the molecule is NC=C(C(=O)O)C(=Nc1ccccc1F)C(F)(F)F. The minimum atomic E-state index is -5.08. The number of hydrogen-bond donors (Lipinski definition) is 2. The Labute approximate surface area is 104 Å². The monoisotopic (exact) mass is 276 g/mol. The number of rotatable bonds is 3. The summed E-state index contributed by atoms with van der Waals surface area (Å²) in [6.07, 6.45) is -4.82. The summed E-state index contributed by atoms with van der Waals surface area (Å²) in [5, 5.41) is 8.63. The first-order valence-corrected chi connectivity index (χ1v) is 4.83. The topological polar surface area (TPSA) is 75.7 Å². The number of nitrogens with two attached hydrogens (primary N) is 1. The maximum atomic E-state index is 13.2. The number of benzene rings is 1. The molecule has 0 unspecified atom stereocenters. The molecule has 19 heavy (non-hydrogen) atoms. The number of hydrogen-bond acceptors (Lipinski definition) is 3. The molecule has 0 heterocycles. The van der Waals surface area contributed by atoms with Crippen LogP contribution in [0.2, 0.25) is 0 Å². The molecule has 0 aromatic heterocycles. The predicted octanol–water partition coefficient (Wildman–Crippen LogP) is 2.39. The third kappa shape index (κ3) is 3.54. The average molecular weight is 276 g/mol. The lowest BCUT2D eigenvalue weighted by Gasteiger charge is -2.11. The van der Waals surface area contributed by atoms with Gasteiger partial charge in [-0.2, -0.15) is 13.2 Å². The van der Waals surface area contributed by atoms with E-state index >= 15 is 0 Å². The molecule has 0 aliphatic carbocycles. The van der Waals surface area contributed by atoms with Crippen molar-refractivity contribution in [3.8, 4) is 0 Å². The van der Waals surface area contributed by atoms with Gasteiger partial charge in [-0.25, -0.2) is 14.2 Å². The van der Waals surface area contributed by atoms with Crippen molar-refractivity contribution in [3.63, 3.8) is 0 Å². The van der Waals surface area contributed by atoms with Crippen LogP contribution in [0.15, 0.2) is 41.0 Å². The van der Waals surface area contributed by atoms with Gasteiger partial charge in [0.05, 0.1) is 5.69 Å². The fraction of sp³-hybridized carbons (Fsp3) is 0.0909. The Morgan fingerprint density at radius 2 is 1.89 bits per heavy atom. The minimum absolute atomic E-state index is 0.259. The number of nitrogens with zero attached hydrogens (tertiary/aromatic N) is 1. The maximum Gasteiger partial charge on any atom is 0.434 e. The fourth-order valence-corrected chi connectivity index (χ4v) is 1.19. The summed E-state index contributed by atoms with van der Waals surface area (Å²) in [5.41, 5.74) is 1.19. The predicted molar refractivity (Wildman–Crippen MR) is 59.5 cm³/mol. The Morgan fingerprint density at radius 3 is 2.32 bits per heavy atom. The van der Waals surface area contributed by atoms with Gasteiger partial charge in [0.15, 0.2) is 5.71 Å². The molecule has 3 N–H and O–H groups in total. The van der Waals surface area contributed by atoms with Gasteiger partial charge in [-0.15, -0.1) is 0 Å². The summed E-state index contributed by atoms with van der Waals surface area (Å²) in [6.45, 7) is 0. The average Bonchev–Trinajstić information content (AvgIpc) is 2.29. The van der Waals surface area contributed by atoms with E-state index < -0.39 is 34.9 Å². The normalized spacial score (nSPS) is 13.5. The Morgan fingerprint density at radius 1 is 1.32 bits per heavy atom. The Kier molecular flexibility index (Phi) is 4.26. The van der Waals surface area contributed by atoms with Crippen LogP contribution in [0.1, 0.15) is 0 Å². The van der Waals surface area contributed by atoms with Crippen LogP contribution in [-0.4, -0.2) is 23.0 Å². The number of carbonyl (C=O) groups is 1. The molecular weight excluding hydrogens is 268 g/mol. The minimum Gasteiger partial charge on any atom is -0.478 e. The lowest BCUT2D eigenvalue weighted by molar-refractivity contribution is -0.132. The van der Waals surface area contributed by atoms with Crippen LogP contribution in [0.4, 0.5) is 23.2 Å². The quantitative estimate of drug-likeness (QED) is 0.505. The van der Waals surface area contributed by atoms with Crippen LogP contribution >= 0.6 is 0 Å². The molecule has 4 nitrogen and oxygen atoms in total. The van der Waals surface area contributed by atoms with Crippen LogP contribution in [-0.2, 0) is 4.79 Å². The van der Waals surface area contributed by atoms with Crippen molar-refractivity contribution in [2.75, 3.05) is 0 Å². The number of halogens is 4. The zero-order valence-electron chi connectivity index (χ0n) is 9.28. The molecule has 0 saturated heterocycles. The summed E-state index contributed by atoms with van der Waals surface area (Å²) in [5.74, 6) is -2.92. The van der Waals surface area contributed by atoms with E-state index in [-0.39, 0.29) is 6.20 Å². The third-order valence-corrected chi connectivity index (χ3v) is 2.01. The molecule has 0 spiro atoms. The van der Waals surface area contributed by atoms with E-state index in [0.29, 0.717) is 0 Å².